The maximum absolute atomic E-state index is 15.0. The molecular formula is C28H43ClF3N3O3. The molecule has 1 aromatic rings. The molecule has 3 rings (SSSR count). The molecular weight excluding hydrogens is 519 g/mol. The van der Waals surface area contributed by atoms with Gasteiger partial charge in [0.1, 0.15) is 5.82 Å². The van der Waals surface area contributed by atoms with Gasteiger partial charge in [0.2, 0.25) is 5.92 Å². The normalized spacial score (nSPS) is 21.7. The van der Waals surface area contributed by atoms with Crippen molar-refractivity contribution in [2.24, 2.45) is 11.8 Å². The minimum absolute atomic E-state index is 0.0474. The number of halogens is 4. The summed E-state index contributed by atoms with van der Waals surface area (Å²) in [6, 6.07) is 4.60. The fourth-order valence-electron chi connectivity index (χ4n) is 5.62. The van der Waals surface area contributed by atoms with Crippen LogP contribution >= 0.6 is 11.6 Å². The molecule has 2 N–H and O–H groups in total. The second-order valence-corrected chi connectivity index (χ2v) is 11.0. The number of urea groups is 1. The molecule has 1 unspecified atom stereocenters. The average molecular weight is 562 g/mol. The van der Waals surface area contributed by atoms with Crippen LogP contribution in [-0.2, 0) is 9.47 Å². The van der Waals surface area contributed by atoms with Gasteiger partial charge >= 0.3 is 6.03 Å². The monoisotopic (exact) mass is 561 g/mol. The Morgan fingerprint density at radius 2 is 2.00 bits per heavy atom. The summed E-state index contributed by atoms with van der Waals surface area (Å²) in [6.07, 6.45) is 3.15. The van der Waals surface area contributed by atoms with Gasteiger partial charge in [-0.2, -0.15) is 0 Å². The van der Waals surface area contributed by atoms with Gasteiger partial charge in [0, 0.05) is 69.8 Å². The number of hydrogen-bond donors (Lipinski definition) is 2. The van der Waals surface area contributed by atoms with Crippen LogP contribution in [0.3, 0.4) is 0 Å². The van der Waals surface area contributed by atoms with E-state index in [4.69, 9.17) is 21.1 Å². The number of carbonyl (C=O) groups excluding carboxylic acids is 1. The van der Waals surface area contributed by atoms with Crippen molar-refractivity contribution < 1.29 is 27.4 Å². The molecule has 0 aromatic heterocycles. The van der Waals surface area contributed by atoms with Crippen molar-refractivity contribution in [2.75, 3.05) is 46.5 Å². The number of piperidine rings is 1. The fourth-order valence-corrected chi connectivity index (χ4v) is 5.80. The molecule has 0 radical (unpaired) electrons. The van der Waals surface area contributed by atoms with Crippen LogP contribution in [0.4, 0.5) is 18.0 Å². The maximum Gasteiger partial charge on any atom is 0.317 e. The molecule has 2 fully saturated rings. The Bertz CT molecular complexity index is 869. The number of likely N-dealkylation sites (N-methyl/N-ethyl adjacent to an activating group) is 1. The highest BCUT2D eigenvalue weighted by Gasteiger charge is 2.37. The molecule has 2 aliphatic rings. The first-order valence-corrected chi connectivity index (χ1v) is 14.3. The molecule has 0 bridgehead atoms. The van der Waals surface area contributed by atoms with Crippen molar-refractivity contribution in [3.8, 4) is 0 Å². The summed E-state index contributed by atoms with van der Waals surface area (Å²) in [7, 11) is 1.82. The molecule has 6 nitrogen and oxygen atoms in total. The topological polar surface area (TPSA) is 62.8 Å². The smallest absolute Gasteiger partial charge is 0.317 e. The summed E-state index contributed by atoms with van der Waals surface area (Å²) in [6.45, 7) is 5.11. The van der Waals surface area contributed by atoms with E-state index in [9.17, 15) is 13.6 Å². The van der Waals surface area contributed by atoms with Crippen LogP contribution in [0.2, 0.25) is 5.02 Å². The Kier molecular flexibility index (Phi) is 12.5. The predicted molar refractivity (Wildman–Crippen MR) is 143 cm³/mol. The van der Waals surface area contributed by atoms with Gasteiger partial charge in [0.25, 0.3) is 0 Å². The first-order valence-electron chi connectivity index (χ1n) is 13.9. The highest BCUT2D eigenvalue weighted by Crippen LogP contribution is 2.38. The second-order valence-electron chi connectivity index (χ2n) is 10.6. The maximum atomic E-state index is 15.0. The number of benzene rings is 1. The third-order valence-corrected chi connectivity index (χ3v) is 7.92. The lowest BCUT2D eigenvalue weighted by molar-refractivity contribution is -0.0473. The van der Waals surface area contributed by atoms with Crippen LogP contribution in [0.25, 0.3) is 0 Å². The van der Waals surface area contributed by atoms with E-state index in [1.807, 2.05) is 14.0 Å². The van der Waals surface area contributed by atoms with Crippen LogP contribution in [0.5, 0.6) is 0 Å². The van der Waals surface area contributed by atoms with E-state index in [0.29, 0.717) is 70.7 Å². The lowest BCUT2D eigenvalue weighted by Gasteiger charge is -2.38. The number of alkyl halides is 2. The van der Waals surface area contributed by atoms with Crippen molar-refractivity contribution in [3.05, 3.63) is 34.6 Å². The summed E-state index contributed by atoms with van der Waals surface area (Å²) < 4.78 is 53.8. The molecule has 38 heavy (non-hydrogen) atoms. The predicted octanol–water partition coefficient (Wildman–Crippen LogP) is 6.19. The molecule has 0 spiro atoms. The Morgan fingerprint density at radius 3 is 2.71 bits per heavy atom. The van der Waals surface area contributed by atoms with Gasteiger partial charge in [-0.1, -0.05) is 23.7 Å². The highest BCUT2D eigenvalue weighted by atomic mass is 35.5. The molecule has 1 aliphatic heterocycles. The van der Waals surface area contributed by atoms with Gasteiger partial charge in [0.05, 0.1) is 11.1 Å². The number of rotatable bonds is 13. The number of likely N-dealkylation sites (tertiary alicyclic amines) is 1. The third-order valence-electron chi connectivity index (χ3n) is 7.63. The molecule has 2 amide bonds. The summed E-state index contributed by atoms with van der Waals surface area (Å²) in [4.78, 5) is 15.1. The highest BCUT2D eigenvalue weighted by molar-refractivity contribution is 6.30. The zero-order valence-electron chi connectivity index (χ0n) is 22.6. The molecule has 1 aromatic carbocycles. The van der Waals surface area contributed by atoms with Crippen LogP contribution in [0.15, 0.2) is 18.2 Å². The third kappa shape index (κ3) is 9.28. The number of nitrogens with zero attached hydrogens (tertiary/aromatic N) is 1. The van der Waals surface area contributed by atoms with E-state index < -0.39 is 17.8 Å². The number of carbonyl (C=O) groups is 1. The van der Waals surface area contributed by atoms with Gasteiger partial charge < -0.3 is 25.0 Å². The summed E-state index contributed by atoms with van der Waals surface area (Å²) in [5.41, 5.74) is 0.406. The van der Waals surface area contributed by atoms with Crippen molar-refractivity contribution in [1.82, 2.24) is 15.5 Å². The first kappa shape index (κ1) is 31.0. The Morgan fingerprint density at radius 1 is 1.24 bits per heavy atom. The van der Waals surface area contributed by atoms with Crippen molar-refractivity contribution in [2.45, 2.75) is 76.4 Å². The number of hydrogen-bond acceptors (Lipinski definition) is 4. The van der Waals surface area contributed by atoms with Crippen molar-refractivity contribution in [3.63, 3.8) is 0 Å². The SMILES string of the molecule is CCOCCCO[C@@H](c1cccc(Cl)c1F)[C@@H]1CCCN(C(=O)NC(CNC)CC2CCC(F)(F)CC2)C1. The number of nitrogens with one attached hydrogen (secondary N) is 2. The quantitative estimate of drug-likeness (QED) is 0.282. The molecule has 216 valence electrons. The van der Waals surface area contributed by atoms with Gasteiger partial charge in [-0.3, -0.25) is 0 Å². The van der Waals surface area contributed by atoms with E-state index >= 15 is 4.39 Å². The van der Waals surface area contributed by atoms with Gasteiger partial charge in [-0.15, -0.1) is 0 Å². The fraction of sp³-hybridized carbons (Fsp3) is 0.750. The minimum atomic E-state index is -2.56. The van der Waals surface area contributed by atoms with Gasteiger partial charge in [-0.25, -0.2) is 18.0 Å². The van der Waals surface area contributed by atoms with E-state index in [-0.39, 0.29) is 41.8 Å². The van der Waals surface area contributed by atoms with E-state index in [0.717, 1.165) is 12.8 Å². The largest absolute Gasteiger partial charge is 0.382 e. The average Bonchev–Trinajstić information content (AvgIpc) is 2.89. The van der Waals surface area contributed by atoms with Crippen LogP contribution in [0.1, 0.15) is 70.0 Å². The lowest BCUT2D eigenvalue weighted by atomic mass is 9.83. The minimum Gasteiger partial charge on any atom is -0.382 e. The summed E-state index contributed by atoms with van der Waals surface area (Å²) in [5, 5.41) is 6.29. The Labute approximate surface area is 229 Å². The van der Waals surface area contributed by atoms with Crippen LogP contribution in [0, 0.1) is 17.7 Å². The number of amides is 2. The molecule has 1 aliphatic carbocycles. The molecule has 1 heterocycles. The molecule has 1 saturated heterocycles. The van der Waals surface area contributed by atoms with Crippen molar-refractivity contribution in [1.29, 1.82) is 0 Å². The summed E-state index contributed by atoms with van der Waals surface area (Å²) in [5.74, 6) is -2.98. The van der Waals surface area contributed by atoms with Crippen LogP contribution < -0.4 is 10.6 Å². The van der Waals surface area contributed by atoms with Gasteiger partial charge in [-0.05, 0) is 64.5 Å². The first-order chi connectivity index (χ1) is 18.2. The van der Waals surface area contributed by atoms with Gasteiger partial charge in [0.15, 0.2) is 0 Å². The number of ether oxygens (including phenoxy) is 2. The lowest BCUT2D eigenvalue weighted by Crippen LogP contribution is -2.52. The standard InChI is InChI=1S/C28H43ClF3N3O3/c1-3-37-15-6-16-38-26(23-8-4-9-24(29)25(23)30)21-7-5-14-35(19-21)27(36)34-22(18-33-2)17-20-10-12-28(31,32)13-11-20/h4,8-9,20-22,26,33H,3,5-7,10-19H2,1-2H3,(H,34,36)/t21-,22?,26-/m1/s1. The summed E-state index contributed by atoms with van der Waals surface area (Å²) >= 11 is 6.09. The Balaban J connectivity index is 1.64. The zero-order chi connectivity index (χ0) is 27.5. The zero-order valence-corrected chi connectivity index (χ0v) is 23.4. The van der Waals surface area contributed by atoms with E-state index in [1.54, 1.807) is 17.0 Å². The van der Waals surface area contributed by atoms with Crippen molar-refractivity contribution >= 4 is 17.6 Å². The molecule has 10 heteroatoms. The molecule has 1 saturated carbocycles. The van der Waals surface area contributed by atoms with E-state index in [1.165, 1.54) is 6.07 Å². The Hall–Kier alpha value is -1.55. The second kappa shape index (κ2) is 15.3. The van der Waals surface area contributed by atoms with E-state index in [2.05, 4.69) is 10.6 Å². The van der Waals surface area contributed by atoms with Crippen LogP contribution in [-0.4, -0.2) is 69.4 Å². The molecule has 3 atom stereocenters.